The highest BCUT2D eigenvalue weighted by atomic mass is 19.1. The zero-order valence-electron chi connectivity index (χ0n) is 11.9. The van der Waals surface area contributed by atoms with Crippen molar-refractivity contribution in [2.24, 2.45) is 11.3 Å². The third-order valence-electron chi connectivity index (χ3n) is 4.28. The number of hydrogen-bond donors (Lipinski definition) is 2. The minimum Gasteiger partial charge on any atom is -0.481 e. The summed E-state index contributed by atoms with van der Waals surface area (Å²) in [6.07, 6.45) is 3.96. The number of nitrogens with zero attached hydrogens (tertiary/aromatic N) is 1. The van der Waals surface area contributed by atoms with Crippen molar-refractivity contribution in [2.45, 2.75) is 32.6 Å². The first kappa shape index (κ1) is 15.4. The zero-order chi connectivity index (χ0) is 15.5. The Labute approximate surface area is 122 Å². The van der Waals surface area contributed by atoms with Gasteiger partial charge in [-0.15, -0.1) is 0 Å². The first-order chi connectivity index (χ1) is 9.94. The maximum atomic E-state index is 13.4. The van der Waals surface area contributed by atoms with E-state index in [1.165, 1.54) is 18.3 Å². The van der Waals surface area contributed by atoms with Crippen molar-refractivity contribution in [2.75, 3.05) is 6.54 Å². The van der Waals surface area contributed by atoms with Crippen LogP contribution in [0.2, 0.25) is 0 Å². The Balaban J connectivity index is 2.04. The first-order valence-electron chi connectivity index (χ1n) is 7.07. The topological polar surface area (TPSA) is 79.3 Å². The molecule has 5 nitrogen and oxygen atoms in total. The van der Waals surface area contributed by atoms with E-state index in [-0.39, 0.29) is 12.1 Å². The maximum Gasteiger partial charge on any atom is 0.311 e. The molecule has 1 amide bonds. The van der Waals surface area contributed by atoms with E-state index in [0.29, 0.717) is 18.8 Å². The highest BCUT2D eigenvalue weighted by Crippen LogP contribution is 2.38. The van der Waals surface area contributed by atoms with E-state index in [9.17, 15) is 19.1 Å². The predicted octanol–water partition coefficient (Wildman–Crippen LogP) is 2.23. The van der Waals surface area contributed by atoms with Gasteiger partial charge in [-0.05, 0) is 43.7 Å². The van der Waals surface area contributed by atoms with Crippen molar-refractivity contribution in [1.82, 2.24) is 10.3 Å². The number of carboxylic acid groups (broad SMARTS) is 1. The smallest absolute Gasteiger partial charge is 0.311 e. The van der Waals surface area contributed by atoms with Gasteiger partial charge in [-0.3, -0.25) is 9.59 Å². The highest BCUT2D eigenvalue weighted by molar-refractivity contribution is 5.94. The monoisotopic (exact) mass is 294 g/mol. The number of aliphatic carboxylic acids is 1. The molecule has 0 aliphatic heterocycles. The molecule has 2 rings (SSSR count). The molecular formula is C15H19FN2O3. The average Bonchev–Trinajstić information content (AvgIpc) is 2.47. The molecule has 1 aliphatic rings. The number of aromatic nitrogens is 1. The maximum absolute atomic E-state index is 13.4. The van der Waals surface area contributed by atoms with Gasteiger partial charge in [0.15, 0.2) is 0 Å². The van der Waals surface area contributed by atoms with Crippen LogP contribution in [-0.2, 0) is 4.79 Å². The third kappa shape index (κ3) is 3.37. The second-order valence-corrected chi connectivity index (χ2v) is 5.79. The summed E-state index contributed by atoms with van der Waals surface area (Å²) in [5.74, 6) is -1.87. The van der Waals surface area contributed by atoms with E-state index >= 15 is 0 Å². The number of carbonyl (C=O) groups excluding carboxylic acids is 1. The quantitative estimate of drug-likeness (QED) is 0.835. The lowest BCUT2D eigenvalue weighted by molar-refractivity contribution is -0.151. The highest BCUT2D eigenvalue weighted by Gasteiger charge is 2.41. The summed E-state index contributed by atoms with van der Waals surface area (Å²) in [4.78, 5) is 26.9. The summed E-state index contributed by atoms with van der Waals surface area (Å²) in [6.45, 7) is 2.11. The van der Waals surface area contributed by atoms with Crippen LogP contribution in [0.3, 0.4) is 0 Å². The van der Waals surface area contributed by atoms with Gasteiger partial charge >= 0.3 is 5.97 Å². The van der Waals surface area contributed by atoms with Crippen LogP contribution < -0.4 is 5.32 Å². The van der Waals surface area contributed by atoms with Gasteiger partial charge in [-0.25, -0.2) is 4.98 Å². The molecular weight excluding hydrogens is 275 g/mol. The molecule has 0 aromatic carbocycles. The van der Waals surface area contributed by atoms with Crippen LogP contribution in [0, 0.1) is 17.3 Å². The molecule has 0 saturated heterocycles. The van der Waals surface area contributed by atoms with Crippen molar-refractivity contribution in [3.05, 3.63) is 29.8 Å². The molecule has 0 bridgehead atoms. The van der Waals surface area contributed by atoms with Crippen molar-refractivity contribution in [3.8, 4) is 0 Å². The summed E-state index contributed by atoms with van der Waals surface area (Å²) >= 11 is 0. The number of rotatable bonds is 4. The van der Waals surface area contributed by atoms with E-state index in [1.807, 2.05) is 0 Å². The first-order valence-corrected chi connectivity index (χ1v) is 7.07. The van der Waals surface area contributed by atoms with Gasteiger partial charge in [0.2, 0.25) is 5.95 Å². The normalized spacial score (nSPS) is 25.3. The minimum absolute atomic E-state index is 0.0161. The second-order valence-electron chi connectivity index (χ2n) is 5.79. The number of halogens is 1. The Bertz CT molecular complexity index is 539. The molecule has 0 radical (unpaired) electrons. The lowest BCUT2D eigenvalue weighted by Crippen LogP contribution is -2.45. The van der Waals surface area contributed by atoms with Crippen LogP contribution in [0.15, 0.2) is 18.3 Å². The molecule has 6 heteroatoms. The van der Waals surface area contributed by atoms with Crippen LogP contribution in [0.4, 0.5) is 4.39 Å². The Morgan fingerprint density at radius 1 is 1.48 bits per heavy atom. The number of pyridine rings is 1. The fourth-order valence-corrected chi connectivity index (χ4v) is 2.68. The van der Waals surface area contributed by atoms with Crippen LogP contribution >= 0.6 is 0 Å². The Kier molecular flexibility index (Phi) is 4.55. The number of amides is 1. The average molecular weight is 294 g/mol. The van der Waals surface area contributed by atoms with Crippen molar-refractivity contribution in [1.29, 1.82) is 0 Å². The van der Waals surface area contributed by atoms with Gasteiger partial charge in [0.1, 0.15) is 0 Å². The zero-order valence-corrected chi connectivity index (χ0v) is 11.9. The summed E-state index contributed by atoms with van der Waals surface area (Å²) < 4.78 is 13.4. The van der Waals surface area contributed by atoms with Gasteiger partial charge in [-0.1, -0.05) is 6.92 Å². The molecule has 1 fully saturated rings. The summed E-state index contributed by atoms with van der Waals surface area (Å²) in [7, 11) is 0. The van der Waals surface area contributed by atoms with Crippen LogP contribution in [0.25, 0.3) is 0 Å². The second kappa shape index (κ2) is 6.20. The van der Waals surface area contributed by atoms with Crippen LogP contribution in [-0.4, -0.2) is 28.5 Å². The fraction of sp³-hybridized carbons (Fsp3) is 0.533. The van der Waals surface area contributed by atoms with E-state index in [0.717, 1.165) is 12.8 Å². The largest absolute Gasteiger partial charge is 0.481 e. The number of carbonyl (C=O) groups is 2. The van der Waals surface area contributed by atoms with E-state index in [1.54, 1.807) is 0 Å². The van der Waals surface area contributed by atoms with Crippen LogP contribution in [0.1, 0.15) is 43.0 Å². The summed E-state index contributed by atoms with van der Waals surface area (Å²) in [5, 5.41) is 12.0. The lowest BCUT2D eigenvalue weighted by atomic mass is 9.71. The number of hydrogen-bond acceptors (Lipinski definition) is 3. The molecule has 114 valence electrons. The standard InChI is InChI=1S/C15H19FN2O3/c1-10-4-6-15(7-5-10,14(20)21)9-18-13(19)11-3-2-8-17-12(11)16/h2-3,8,10H,4-7,9H2,1H3,(H,18,19)(H,20,21). The van der Waals surface area contributed by atoms with Gasteiger partial charge in [-0.2, -0.15) is 4.39 Å². The number of carboxylic acids is 1. The third-order valence-corrected chi connectivity index (χ3v) is 4.28. The van der Waals surface area contributed by atoms with E-state index in [2.05, 4.69) is 17.2 Å². The van der Waals surface area contributed by atoms with Crippen molar-refractivity contribution in [3.63, 3.8) is 0 Å². The molecule has 1 aromatic rings. The SMILES string of the molecule is CC1CCC(CNC(=O)c2cccnc2F)(C(=O)O)CC1. The molecule has 0 unspecified atom stereocenters. The summed E-state index contributed by atoms with van der Waals surface area (Å²) in [6, 6.07) is 2.79. The van der Waals surface area contributed by atoms with Gasteiger partial charge in [0.25, 0.3) is 5.91 Å². The fourth-order valence-electron chi connectivity index (χ4n) is 2.68. The van der Waals surface area contributed by atoms with Crippen molar-refractivity contribution >= 4 is 11.9 Å². The molecule has 1 aliphatic carbocycles. The Morgan fingerprint density at radius 3 is 2.71 bits per heavy atom. The molecule has 0 spiro atoms. The molecule has 2 N–H and O–H groups in total. The minimum atomic E-state index is -0.944. The lowest BCUT2D eigenvalue weighted by Gasteiger charge is -2.35. The predicted molar refractivity (Wildman–Crippen MR) is 74.2 cm³/mol. The molecule has 0 atom stereocenters. The Morgan fingerprint density at radius 2 is 2.14 bits per heavy atom. The molecule has 21 heavy (non-hydrogen) atoms. The number of nitrogens with one attached hydrogen (secondary N) is 1. The van der Waals surface area contributed by atoms with E-state index < -0.39 is 23.2 Å². The molecule has 1 heterocycles. The Hall–Kier alpha value is -1.98. The summed E-state index contributed by atoms with van der Waals surface area (Å²) in [5.41, 5.74) is -1.11. The van der Waals surface area contributed by atoms with Gasteiger partial charge in [0, 0.05) is 12.7 Å². The van der Waals surface area contributed by atoms with Gasteiger partial charge in [0.05, 0.1) is 11.0 Å². The van der Waals surface area contributed by atoms with Crippen LogP contribution in [0.5, 0.6) is 0 Å². The molecule has 1 aromatic heterocycles. The van der Waals surface area contributed by atoms with Crippen molar-refractivity contribution < 1.29 is 19.1 Å². The molecule has 1 saturated carbocycles. The van der Waals surface area contributed by atoms with Gasteiger partial charge < -0.3 is 10.4 Å². The van der Waals surface area contributed by atoms with E-state index in [4.69, 9.17) is 0 Å².